The van der Waals surface area contributed by atoms with Crippen LogP contribution in [0.3, 0.4) is 0 Å². The smallest absolute Gasteiger partial charge is 0.147 e. The molecule has 0 bridgehead atoms. The second-order valence-corrected chi connectivity index (χ2v) is 51.3. The molecular weight excluding hydrogens is 983 g/mol. The predicted octanol–water partition coefficient (Wildman–Crippen LogP) is 19.3. The van der Waals surface area contributed by atoms with E-state index in [0.29, 0.717) is 7.25 Å². The number of benzene rings is 10. The molecule has 0 N–H and O–H groups in total. The van der Waals surface area contributed by atoms with E-state index in [1.54, 1.807) is 22.3 Å². The van der Waals surface area contributed by atoms with Crippen LogP contribution in [0.25, 0.3) is 99.7 Å². The molecule has 2 atom stereocenters. The van der Waals surface area contributed by atoms with Crippen molar-refractivity contribution in [1.29, 1.82) is 0 Å². The van der Waals surface area contributed by atoms with Crippen molar-refractivity contribution >= 4 is 86.9 Å². The molecule has 0 nitrogen and oxygen atoms in total. The van der Waals surface area contributed by atoms with Gasteiger partial charge >= 0.3 is 408 Å². The van der Waals surface area contributed by atoms with Gasteiger partial charge in [-0.15, -0.1) is 24.8 Å². The Labute approximate surface area is 428 Å². The first-order valence-corrected chi connectivity index (χ1v) is 38.6. The van der Waals surface area contributed by atoms with Gasteiger partial charge in [0.05, 0.1) is 0 Å². The van der Waals surface area contributed by atoms with Crippen molar-refractivity contribution in [1.82, 2.24) is 0 Å². The fourth-order valence-electron chi connectivity index (χ4n) is 13.2. The molecular formula is C66H60Cl2SiZr. The number of rotatable bonds is 10. The number of hydrogen-bond acceptors (Lipinski definition) is 0. The van der Waals surface area contributed by atoms with Crippen LogP contribution >= 0.6 is 24.8 Å². The quantitative estimate of drug-likeness (QED) is 0.120. The van der Waals surface area contributed by atoms with E-state index in [1.807, 2.05) is 0 Å². The zero-order valence-electron chi connectivity index (χ0n) is 40.6. The van der Waals surface area contributed by atoms with E-state index in [4.69, 9.17) is 0 Å². The molecule has 346 valence electrons. The molecule has 10 aromatic carbocycles. The van der Waals surface area contributed by atoms with Crippen LogP contribution in [0, 0.1) is 0 Å². The number of hydrogen-bond donors (Lipinski definition) is 0. The summed E-state index contributed by atoms with van der Waals surface area (Å²) in [6, 6.07) is 73.7. The third-order valence-electron chi connectivity index (χ3n) is 15.8. The summed E-state index contributed by atoms with van der Waals surface area (Å²) in [5.41, 5.74) is 20.2. The summed E-state index contributed by atoms with van der Waals surface area (Å²) in [5, 5.41) is 10.5. The van der Waals surface area contributed by atoms with E-state index in [-0.39, 0.29) is 24.8 Å². The maximum absolute atomic E-state index is 4.37. The van der Waals surface area contributed by atoms with Gasteiger partial charge in [-0.05, 0) is 0 Å². The van der Waals surface area contributed by atoms with Crippen molar-refractivity contribution in [2.45, 2.75) is 56.0 Å². The van der Waals surface area contributed by atoms with Crippen LogP contribution in [-0.2, 0) is 17.4 Å². The molecule has 0 aromatic heterocycles. The van der Waals surface area contributed by atoms with E-state index < -0.39 is 17.4 Å². The molecule has 0 heterocycles. The molecule has 10 aromatic rings. The minimum absolute atomic E-state index is 0. The average Bonchev–Trinajstić information content (AvgIpc) is 3.97. The van der Waals surface area contributed by atoms with Crippen molar-refractivity contribution in [2.75, 3.05) is 0 Å². The van der Waals surface area contributed by atoms with Gasteiger partial charge in [0.15, 0.2) is 0 Å². The Bertz CT molecular complexity index is 3570. The Morgan fingerprint density at radius 3 is 0.929 bits per heavy atom. The van der Waals surface area contributed by atoms with Crippen LogP contribution in [0.1, 0.15) is 69.0 Å². The monoisotopic (exact) mass is 1040 g/mol. The standard InChI is InChI=1S/2C32H25.2CH3.2ClH.H2Si.Zr/c2*1-2-9-22-20-31-29(27-16-7-12-23-10-3-5-14-25(23)27)18-19-30(32(31)21-22)28-17-8-13-24-11-4-6-15-26(24)28;;;;;;/h2*3-8,10-21H,2,9H2,1H3;2*1H3;2*1H;1H2;. The van der Waals surface area contributed by atoms with E-state index in [1.165, 1.54) is 98.7 Å². The van der Waals surface area contributed by atoms with Gasteiger partial charge in [0, 0.05) is 0 Å². The summed E-state index contributed by atoms with van der Waals surface area (Å²) < 4.78 is 6.40. The Hall–Kier alpha value is -5.60. The molecule has 2 aliphatic rings. The molecule has 4 heteroatoms. The van der Waals surface area contributed by atoms with Crippen LogP contribution in [0.2, 0.25) is 9.26 Å². The summed E-state index contributed by atoms with van der Waals surface area (Å²) in [7, 11) is 0. The van der Waals surface area contributed by atoms with Crippen molar-refractivity contribution in [2.24, 2.45) is 0 Å². The summed E-state index contributed by atoms with van der Waals surface area (Å²) >= 11 is -4.37. The molecule has 0 amide bonds. The minimum Gasteiger partial charge on any atom is -0.147 e. The van der Waals surface area contributed by atoms with Crippen molar-refractivity contribution in [3.63, 3.8) is 0 Å². The van der Waals surface area contributed by atoms with E-state index >= 15 is 0 Å². The largest absolute Gasteiger partial charge is 0.147 e. The summed E-state index contributed by atoms with van der Waals surface area (Å²) in [6.45, 7) is 7.31. The summed E-state index contributed by atoms with van der Waals surface area (Å²) in [4.78, 5) is 0. The molecule has 0 aliphatic heterocycles. The van der Waals surface area contributed by atoms with Crippen molar-refractivity contribution in [3.05, 3.63) is 228 Å². The maximum Gasteiger partial charge on any atom is -0.147 e. The third-order valence-corrected chi connectivity index (χ3v) is 33.2. The Morgan fingerprint density at radius 1 is 0.343 bits per heavy atom. The normalized spacial score (nSPS) is 15.3. The van der Waals surface area contributed by atoms with Gasteiger partial charge in [0.25, 0.3) is 0 Å². The second kappa shape index (κ2) is 18.9. The minimum atomic E-state index is -4.37. The molecule has 0 saturated carbocycles. The maximum atomic E-state index is 2.88. The topological polar surface area (TPSA) is 0 Å². The Kier molecular flexibility index (Phi) is 12.9. The second-order valence-electron chi connectivity index (χ2n) is 20.8. The van der Waals surface area contributed by atoms with Gasteiger partial charge < -0.3 is 0 Å². The van der Waals surface area contributed by atoms with Crippen molar-refractivity contribution in [3.8, 4) is 44.5 Å². The molecule has 0 radical (unpaired) electrons. The van der Waals surface area contributed by atoms with Gasteiger partial charge in [0.1, 0.15) is 0 Å². The van der Waals surface area contributed by atoms with Gasteiger partial charge in [-0.3, -0.25) is 0 Å². The number of fused-ring (bicyclic) bond motifs is 6. The van der Waals surface area contributed by atoms with Gasteiger partial charge in [-0.1, -0.05) is 0 Å². The molecule has 0 spiro atoms. The Morgan fingerprint density at radius 2 is 0.614 bits per heavy atom. The van der Waals surface area contributed by atoms with Crippen LogP contribution in [0.4, 0.5) is 0 Å². The van der Waals surface area contributed by atoms with E-state index in [0.717, 1.165) is 25.7 Å². The number of halogens is 2. The number of allylic oxidation sites excluding steroid dienone is 2. The van der Waals surface area contributed by atoms with Crippen LogP contribution in [-0.4, -0.2) is 6.88 Å². The SMILES string of the molecule is CCCC1=Cc2c(-c3cccc4ccccc34)ccc(-c3cccc4ccccc34)c2[CH]1[Zr]([CH3])([CH3])(=[SiH2])[CH]1C(CCC)=Cc2c(-c3cccc4ccccc34)ccc(-c3cccc4ccccc34)c21.Cl.Cl. The molecule has 0 saturated heterocycles. The van der Waals surface area contributed by atoms with Gasteiger partial charge in [-0.25, -0.2) is 0 Å². The fraction of sp³-hybridized carbons (Fsp3) is 0.152. The van der Waals surface area contributed by atoms with Crippen LogP contribution in [0.5, 0.6) is 0 Å². The summed E-state index contributed by atoms with van der Waals surface area (Å²) in [6.07, 6.45) is 9.83. The first-order chi connectivity index (χ1) is 33.2. The van der Waals surface area contributed by atoms with Gasteiger partial charge in [0.2, 0.25) is 0 Å². The molecule has 70 heavy (non-hydrogen) atoms. The van der Waals surface area contributed by atoms with Gasteiger partial charge in [-0.2, -0.15) is 0 Å². The first-order valence-electron chi connectivity index (χ1n) is 25.0. The first kappa shape index (κ1) is 48.0. The van der Waals surface area contributed by atoms with E-state index in [2.05, 4.69) is 236 Å². The summed E-state index contributed by atoms with van der Waals surface area (Å²) in [5.74, 6) is 0. The average molecular weight is 1040 g/mol. The third kappa shape index (κ3) is 7.73. The molecule has 12 rings (SSSR count). The molecule has 0 fully saturated rings. The Balaban J connectivity index is 0.00000284. The van der Waals surface area contributed by atoms with Crippen LogP contribution < -0.4 is 0 Å². The van der Waals surface area contributed by atoms with E-state index in [9.17, 15) is 0 Å². The molecule has 2 aliphatic carbocycles. The fourth-order valence-corrected chi connectivity index (χ4v) is 32.9. The van der Waals surface area contributed by atoms with Crippen LogP contribution in [0.15, 0.2) is 205 Å². The zero-order chi connectivity index (χ0) is 46.2. The predicted molar refractivity (Wildman–Crippen MR) is 311 cm³/mol. The zero-order valence-corrected chi connectivity index (χ0v) is 46.1. The molecule has 2 unspecified atom stereocenters. The van der Waals surface area contributed by atoms with Crippen molar-refractivity contribution < 1.29 is 17.4 Å².